The molecule has 1 heterocycles. The molecule has 0 fully saturated rings. The molecule has 2 atom stereocenters. The first-order valence-electron chi connectivity index (χ1n) is 7.39. The van der Waals surface area contributed by atoms with E-state index in [2.05, 4.69) is 10.3 Å². The molecule has 1 amide bonds. The van der Waals surface area contributed by atoms with Crippen LogP contribution in [-0.2, 0) is 0 Å². The van der Waals surface area contributed by atoms with Crippen LogP contribution in [0.15, 0.2) is 18.3 Å². The van der Waals surface area contributed by atoms with Crippen molar-refractivity contribution in [3.63, 3.8) is 0 Å². The Kier molecular flexibility index (Phi) is 6.15. The highest BCUT2D eigenvalue weighted by Gasteiger charge is 2.25. The molecule has 0 saturated carbocycles. The highest BCUT2D eigenvalue weighted by atomic mass is 16.5. The molecule has 0 aliphatic carbocycles. The van der Waals surface area contributed by atoms with Crippen molar-refractivity contribution in [1.82, 2.24) is 10.3 Å². The highest BCUT2D eigenvalue weighted by molar-refractivity contribution is 5.94. The van der Waals surface area contributed by atoms with Crippen LogP contribution in [0.3, 0.4) is 0 Å². The Morgan fingerprint density at radius 2 is 2.14 bits per heavy atom. The number of aromatic nitrogens is 1. The minimum Gasteiger partial charge on any atom is -0.475 e. The number of nitrogens with one attached hydrogen (secondary N) is 1. The molecule has 1 aromatic rings. The van der Waals surface area contributed by atoms with Crippen molar-refractivity contribution in [2.45, 2.75) is 52.7 Å². The van der Waals surface area contributed by atoms with Crippen molar-refractivity contribution in [2.75, 3.05) is 6.54 Å². The number of nitrogens with zero attached hydrogens (tertiary/aromatic N) is 1. The summed E-state index contributed by atoms with van der Waals surface area (Å²) >= 11 is 0. The summed E-state index contributed by atoms with van der Waals surface area (Å²) < 4.78 is 5.60. The van der Waals surface area contributed by atoms with Crippen LogP contribution < -0.4 is 10.1 Å². The second-order valence-corrected chi connectivity index (χ2v) is 5.91. The number of carbonyl (C=O) groups excluding carboxylic acids is 1. The third kappa shape index (κ3) is 5.34. The Morgan fingerprint density at radius 1 is 1.48 bits per heavy atom. The number of carbonyl (C=O) groups is 1. The molecule has 2 unspecified atom stereocenters. The van der Waals surface area contributed by atoms with Crippen molar-refractivity contribution in [2.24, 2.45) is 5.92 Å². The zero-order chi connectivity index (χ0) is 16.0. The Morgan fingerprint density at radius 3 is 2.71 bits per heavy atom. The van der Waals surface area contributed by atoms with Crippen molar-refractivity contribution in [3.8, 4) is 5.88 Å². The second kappa shape index (κ2) is 7.41. The van der Waals surface area contributed by atoms with Crippen molar-refractivity contribution < 1.29 is 14.6 Å². The predicted molar refractivity (Wildman–Crippen MR) is 82.4 cm³/mol. The molecule has 118 valence electrons. The van der Waals surface area contributed by atoms with Gasteiger partial charge in [0.2, 0.25) is 5.88 Å². The first kappa shape index (κ1) is 17.4. The number of pyridine rings is 1. The zero-order valence-electron chi connectivity index (χ0n) is 13.5. The normalized spacial score (nSPS) is 15.4. The van der Waals surface area contributed by atoms with E-state index in [1.165, 1.54) is 0 Å². The van der Waals surface area contributed by atoms with Gasteiger partial charge in [-0.2, -0.15) is 0 Å². The molecule has 0 radical (unpaired) electrons. The lowest BCUT2D eigenvalue weighted by atomic mass is 9.92. The summed E-state index contributed by atoms with van der Waals surface area (Å²) in [5.74, 6) is 0.250. The fourth-order valence-corrected chi connectivity index (χ4v) is 1.47. The molecule has 0 aromatic carbocycles. The van der Waals surface area contributed by atoms with E-state index < -0.39 is 5.60 Å². The van der Waals surface area contributed by atoms with E-state index in [0.29, 0.717) is 11.4 Å². The maximum atomic E-state index is 12.1. The highest BCUT2D eigenvalue weighted by Crippen LogP contribution is 2.16. The molecule has 1 rings (SSSR count). The van der Waals surface area contributed by atoms with Crippen molar-refractivity contribution >= 4 is 5.91 Å². The third-order valence-corrected chi connectivity index (χ3v) is 3.74. The van der Waals surface area contributed by atoms with Crippen LogP contribution in [0.2, 0.25) is 0 Å². The van der Waals surface area contributed by atoms with Gasteiger partial charge in [-0.3, -0.25) is 4.79 Å². The molecule has 1 aromatic heterocycles. The number of amides is 1. The first-order valence-corrected chi connectivity index (χ1v) is 7.39. The Bertz CT molecular complexity index is 472. The number of hydrogen-bond acceptors (Lipinski definition) is 4. The largest absolute Gasteiger partial charge is 0.475 e. The summed E-state index contributed by atoms with van der Waals surface area (Å²) in [4.78, 5) is 16.2. The van der Waals surface area contributed by atoms with Crippen LogP contribution in [0, 0.1) is 5.92 Å². The van der Waals surface area contributed by atoms with Crippen LogP contribution in [0.1, 0.15) is 51.4 Å². The maximum absolute atomic E-state index is 12.1. The second-order valence-electron chi connectivity index (χ2n) is 5.91. The first-order chi connectivity index (χ1) is 9.76. The van der Waals surface area contributed by atoms with Crippen LogP contribution in [-0.4, -0.2) is 34.2 Å². The third-order valence-electron chi connectivity index (χ3n) is 3.74. The van der Waals surface area contributed by atoms with Gasteiger partial charge in [0.05, 0.1) is 11.7 Å². The van der Waals surface area contributed by atoms with Gasteiger partial charge in [0, 0.05) is 24.4 Å². The zero-order valence-corrected chi connectivity index (χ0v) is 13.5. The van der Waals surface area contributed by atoms with Gasteiger partial charge in [-0.05, 0) is 32.3 Å². The number of hydrogen-bond donors (Lipinski definition) is 2. The van der Waals surface area contributed by atoms with Crippen LogP contribution in [0.4, 0.5) is 0 Å². The SMILES string of the molecule is CCC(C)Oc1cc(C(=O)NCC(C)(O)C(C)C)ccn1. The van der Waals surface area contributed by atoms with Gasteiger partial charge >= 0.3 is 0 Å². The van der Waals surface area contributed by atoms with Crippen LogP contribution >= 0.6 is 0 Å². The van der Waals surface area contributed by atoms with Crippen molar-refractivity contribution in [3.05, 3.63) is 23.9 Å². The molecule has 5 nitrogen and oxygen atoms in total. The van der Waals surface area contributed by atoms with Crippen LogP contribution in [0.5, 0.6) is 5.88 Å². The minimum atomic E-state index is -0.932. The average Bonchev–Trinajstić information content (AvgIpc) is 2.44. The fourth-order valence-electron chi connectivity index (χ4n) is 1.47. The molecular weight excluding hydrogens is 268 g/mol. The molecule has 0 bridgehead atoms. The Hall–Kier alpha value is -1.62. The van der Waals surface area contributed by atoms with Gasteiger partial charge < -0.3 is 15.2 Å². The summed E-state index contributed by atoms with van der Waals surface area (Å²) in [5.41, 5.74) is -0.457. The molecule has 0 aliphatic rings. The van der Waals surface area contributed by atoms with Gasteiger partial charge in [-0.25, -0.2) is 4.98 Å². The minimum absolute atomic E-state index is 0.0532. The number of ether oxygens (including phenoxy) is 1. The average molecular weight is 294 g/mol. The summed E-state index contributed by atoms with van der Waals surface area (Å²) in [6.07, 6.45) is 2.47. The Labute approximate surface area is 126 Å². The lowest BCUT2D eigenvalue weighted by Gasteiger charge is -2.27. The van der Waals surface area contributed by atoms with E-state index in [4.69, 9.17) is 4.74 Å². The summed E-state index contributed by atoms with van der Waals surface area (Å²) in [5, 5.41) is 12.9. The molecule has 2 N–H and O–H groups in total. The van der Waals surface area contributed by atoms with Crippen molar-refractivity contribution in [1.29, 1.82) is 0 Å². The molecule has 0 spiro atoms. The number of rotatable bonds is 7. The van der Waals surface area contributed by atoms with E-state index in [-0.39, 0.29) is 24.5 Å². The smallest absolute Gasteiger partial charge is 0.251 e. The molecule has 0 saturated heterocycles. The van der Waals surface area contributed by atoms with E-state index >= 15 is 0 Å². The van der Waals surface area contributed by atoms with Gasteiger partial charge in [-0.15, -0.1) is 0 Å². The van der Waals surface area contributed by atoms with Gasteiger partial charge in [0.25, 0.3) is 5.91 Å². The lowest BCUT2D eigenvalue weighted by Crippen LogP contribution is -2.44. The van der Waals surface area contributed by atoms with E-state index in [1.807, 2.05) is 27.7 Å². The molecule has 0 aliphatic heterocycles. The number of aliphatic hydroxyl groups is 1. The van der Waals surface area contributed by atoms with E-state index in [9.17, 15) is 9.90 Å². The van der Waals surface area contributed by atoms with Crippen LogP contribution in [0.25, 0.3) is 0 Å². The van der Waals surface area contributed by atoms with Gasteiger partial charge in [-0.1, -0.05) is 20.8 Å². The van der Waals surface area contributed by atoms with Gasteiger partial charge in [0.15, 0.2) is 0 Å². The summed E-state index contributed by atoms with van der Waals surface area (Å²) in [7, 11) is 0. The monoisotopic (exact) mass is 294 g/mol. The summed E-state index contributed by atoms with van der Waals surface area (Å²) in [6, 6.07) is 3.24. The molecule has 5 heteroatoms. The fraction of sp³-hybridized carbons (Fsp3) is 0.625. The summed E-state index contributed by atoms with van der Waals surface area (Å²) in [6.45, 7) is 9.71. The van der Waals surface area contributed by atoms with Gasteiger partial charge in [0.1, 0.15) is 0 Å². The topological polar surface area (TPSA) is 71.5 Å². The maximum Gasteiger partial charge on any atom is 0.251 e. The Balaban J connectivity index is 2.68. The van der Waals surface area contributed by atoms with E-state index in [1.54, 1.807) is 25.3 Å². The molecular formula is C16H26N2O3. The lowest BCUT2D eigenvalue weighted by molar-refractivity contribution is 0.0142. The quantitative estimate of drug-likeness (QED) is 0.810. The standard InChI is InChI=1S/C16H26N2O3/c1-6-12(4)21-14-9-13(7-8-17-14)15(19)18-10-16(5,20)11(2)3/h7-9,11-12,20H,6,10H2,1-5H3,(H,18,19). The predicted octanol–water partition coefficient (Wildman–Crippen LogP) is 2.40. The van der Waals surface area contributed by atoms with E-state index in [0.717, 1.165) is 6.42 Å². The molecule has 21 heavy (non-hydrogen) atoms.